The van der Waals surface area contributed by atoms with Gasteiger partial charge in [0.1, 0.15) is 5.82 Å². The van der Waals surface area contributed by atoms with Gasteiger partial charge in [0, 0.05) is 19.2 Å². The summed E-state index contributed by atoms with van der Waals surface area (Å²) in [6, 6.07) is 13.9. The molecule has 2 rings (SSSR count). The predicted octanol–water partition coefficient (Wildman–Crippen LogP) is 3.29. The molecule has 3 heteroatoms. The smallest absolute Gasteiger partial charge is 0.172 e. The number of carbonyl (C=O) groups excluding carboxylic acids is 1. The fourth-order valence-electron chi connectivity index (χ4n) is 1.89. The summed E-state index contributed by atoms with van der Waals surface area (Å²) in [5.41, 5.74) is 1.53. The van der Waals surface area contributed by atoms with Crippen LogP contribution in [0.2, 0.25) is 0 Å². The van der Waals surface area contributed by atoms with Gasteiger partial charge in [-0.3, -0.25) is 4.79 Å². The Bertz CT molecular complexity index is 552. The summed E-state index contributed by atoms with van der Waals surface area (Å²) in [6.45, 7) is 0. The summed E-state index contributed by atoms with van der Waals surface area (Å²) in [7, 11) is 1.67. The fraction of sp³-hybridized carbons (Fsp3) is 0.133. The lowest BCUT2D eigenvalue weighted by Gasteiger charge is -2.09. The highest BCUT2D eigenvalue weighted by atomic mass is 19.1. The van der Waals surface area contributed by atoms with Crippen molar-refractivity contribution in [2.24, 2.45) is 0 Å². The molecule has 0 atom stereocenters. The van der Waals surface area contributed by atoms with Gasteiger partial charge in [-0.1, -0.05) is 36.4 Å². The van der Waals surface area contributed by atoms with Crippen molar-refractivity contribution in [3.63, 3.8) is 0 Å². The minimum Gasteiger partial charge on any atom is -0.387 e. The van der Waals surface area contributed by atoms with E-state index in [1.807, 2.05) is 30.3 Å². The molecule has 0 aliphatic heterocycles. The van der Waals surface area contributed by atoms with Crippen LogP contribution < -0.4 is 5.32 Å². The number of hydrogen-bond donors (Lipinski definition) is 1. The Morgan fingerprint density at radius 2 is 1.83 bits per heavy atom. The maximum absolute atomic E-state index is 13.7. The molecule has 0 amide bonds. The Kier molecular flexibility index (Phi) is 3.72. The van der Waals surface area contributed by atoms with E-state index in [0.29, 0.717) is 5.69 Å². The molecule has 0 aliphatic rings. The van der Waals surface area contributed by atoms with Crippen molar-refractivity contribution in [3.8, 4) is 0 Å². The number of ketones is 1. The minimum atomic E-state index is -0.484. The van der Waals surface area contributed by atoms with E-state index < -0.39 is 5.82 Å². The zero-order valence-electron chi connectivity index (χ0n) is 10.1. The van der Waals surface area contributed by atoms with Crippen molar-refractivity contribution in [1.82, 2.24) is 0 Å². The summed E-state index contributed by atoms with van der Waals surface area (Å²) in [6.07, 6.45) is 0.205. The monoisotopic (exact) mass is 243 g/mol. The maximum Gasteiger partial charge on any atom is 0.172 e. The molecule has 0 aromatic heterocycles. The van der Waals surface area contributed by atoms with E-state index in [1.54, 1.807) is 19.2 Å². The third-order valence-electron chi connectivity index (χ3n) is 2.77. The number of anilines is 1. The molecule has 0 bridgehead atoms. The highest BCUT2D eigenvalue weighted by molar-refractivity contribution is 6.02. The first kappa shape index (κ1) is 12.3. The van der Waals surface area contributed by atoms with Crippen LogP contribution in [0.5, 0.6) is 0 Å². The van der Waals surface area contributed by atoms with E-state index in [1.165, 1.54) is 6.07 Å². The molecule has 92 valence electrons. The number of nitrogens with one attached hydrogen (secondary N) is 1. The Morgan fingerprint density at radius 1 is 1.11 bits per heavy atom. The summed E-state index contributed by atoms with van der Waals surface area (Å²) < 4.78 is 13.7. The maximum atomic E-state index is 13.7. The van der Waals surface area contributed by atoms with Crippen molar-refractivity contribution in [1.29, 1.82) is 0 Å². The van der Waals surface area contributed by atoms with E-state index in [9.17, 15) is 9.18 Å². The lowest BCUT2D eigenvalue weighted by atomic mass is 10.0. The Labute approximate surface area is 105 Å². The van der Waals surface area contributed by atoms with E-state index in [0.717, 1.165) is 5.56 Å². The lowest BCUT2D eigenvalue weighted by molar-refractivity contribution is 0.0990. The molecule has 1 N–H and O–H groups in total. The summed E-state index contributed by atoms with van der Waals surface area (Å²) >= 11 is 0. The second kappa shape index (κ2) is 5.45. The summed E-state index contributed by atoms with van der Waals surface area (Å²) in [5, 5.41) is 2.84. The van der Waals surface area contributed by atoms with Crippen LogP contribution in [0.15, 0.2) is 48.5 Å². The van der Waals surface area contributed by atoms with Gasteiger partial charge in [-0.25, -0.2) is 4.39 Å². The van der Waals surface area contributed by atoms with Gasteiger partial charge in [0.15, 0.2) is 5.78 Å². The molecule has 0 aliphatic carbocycles. The second-order valence-corrected chi connectivity index (χ2v) is 4.00. The third-order valence-corrected chi connectivity index (χ3v) is 2.77. The van der Waals surface area contributed by atoms with Gasteiger partial charge < -0.3 is 5.32 Å². The van der Waals surface area contributed by atoms with E-state index in [2.05, 4.69) is 5.32 Å². The largest absolute Gasteiger partial charge is 0.387 e. The SMILES string of the molecule is CNc1cccc(F)c1C(=O)Cc1ccccc1. The van der Waals surface area contributed by atoms with Gasteiger partial charge in [0.2, 0.25) is 0 Å². The molecule has 0 saturated carbocycles. The van der Waals surface area contributed by atoms with Crippen LogP contribution in [-0.4, -0.2) is 12.8 Å². The number of halogens is 1. The average Bonchev–Trinajstić information content (AvgIpc) is 2.39. The van der Waals surface area contributed by atoms with Crippen LogP contribution in [0.1, 0.15) is 15.9 Å². The highest BCUT2D eigenvalue weighted by Crippen LogP contribution is 2.20. The molecular formula is C15H14FNO. The van der Waals surface area contributed by atoms with Crippen molar-refractivity contribution in [3.05, 3.63) is 65.5 Å². The first-order valence-corrected chi connectivity index (χ1v) is 5.75. The third kappa shape index (κ3) is 2.56. The first-order valence-electron chi connectivity index (χ1n) is 5.75. The van der Waals surface area contributed by atoms with E-state index >= 15 is 0 Å². The van der Waals surface area contributed by atoms with Crippen molar-refractivity contribution >= 4 is 11.5 Å². The molecule has 2 aromatic carbocycles. The zero-order valence-corrected chi connectivity index (χ0v) is 10.1. The van der Waals surface area contributed by atoms with E-state index in [-0.39, 0.29) is 17.8 Å². The van der Waals surface area contributed by atoms with Crippen molar-refractivity contribution in [2.75, 3.05) is 12.4 Å². The normalized spacial score (nSPS) is 10.1. The molecule has 2 aromatic rings. The van der Waals surface area contributed by atoms with Crippen LogP contribution in [0.4, 0.5) is 10.1 Å². The second-order valence-electron chi connectivity index (χ2n) is 4.00. The van der Waals surface area contributed by atoms with Crippen LogP contribution in [0.25, 0.3) is 0 Å². The molecule has 0 radical (unpaired) electrons. The minimum absolute atomic E-state index is 0.129. The zero-order chi connectivity index (χ0) is 13.0. The quantitative estimate of drug-likeness (QED) is 0.835. The average molecular weight is 243 g/mol. The number of hydrogen-bond acceptors (Lipinski definition) is 2. The molecule has 0 saturated heterocycles. The van der Waals surface area contributed by atoms with E-state index in [4.69, 9.17) is 0 Å². The molecule has 2 nitrogen and oxygen atoms in total. The van der Waals surface area contributed by atoms with Crippen molar-refractivity contribution in [2.45, 2.75) is 6.42 Å². The lowest BCUT2D eigenvalue weighted by Crippen LogP contribution is -2.09. The van der Waals surface area contributed by atoms with Crippen LogP contribution in [0, 0.1) is 5.82 Å². The van der Waals surface area contributed by atoms with Gasteiger partial charge in [-0.05, 0) is 17.7 Å². The first-order chi connectivity index (χ1) is 8.72. The predicted molar refractivity (Wildman–Crippen MR) is 70.4 cm³/mol. The molecule has 18 heavy (non-hydrogen) atoms. The number of rotatable bonds is 4. The highest BCUT2D eigenvalue weighted by Gasteiger charge is 2.16. The van der Waals surface area contributed by atoms with Crippen molar-refractivity contribution < 1.29 is 9.18 Å². The Hall–Kier alpha value is -2.16. The summed E-state index contributed by atoms with van der Waals surface area (Å²) in [5.74, 6) is -0.702. The molecule has 0 heterocycles. The molecule has 0 fully saturated rings. The molecule has 0 spiro atoms. The van der Waals surface area contributed by atoms with Crippen LogP contribution >= 0.6 is 0 Å². The Balaban J connectivity index is 2.29. The molecular weight excluding hydrogens is 229 g/mol. The van der Waals surface area contributed by atoms with Gasteiger partial charge in [0.05, 0.1) is 5.56 Å². The fourth-order valence-corrected chi connectivity index (χ4v) is 1.89. The standard InChI is InChI=1S/C15H14FNO/c1-17-13-9-5-8-12(16)15(13)14(18)10-11-6-3-2-4-7-11/h2-9,17H,10H2,1H3. The van der Waals surface area contributed by atoms with Gasteiger partial charge in [0.25, 0.3) is 0 Å². The summed E-state index contributed by atoms with van der Waals surface area (Å²) in [4.78, 5) is 12.1. The van der Waals surface area contributed by atoms with Crippen LogP contribution in [-0.2, 0) is 6.42 Å². The van der Waals surface area contributed by atoms with Gasteiger partial charge >= 0.3 is 0 Å². The molecule has 0 unspecified atom stereocenters. The number of Topliss-reactive ketones (excluding diaryl/α,β-unsaturated/α-hetero) is 1. The Morgan fingerprint density at radius 3 is 2.50 bits per heavy atom. The van der Waals surface area contributed by atoms with Gasteiger partial charge in [-0.2, -0.15) is 0 Å². The number of carbonyl (C=O) groups is 1. The van der Waals surface area contributed by atoms with Gasteiger partial charge in [-0.15, -0.1) is 0 Å². The number of benzene rings is 2. The topological polar surface area (TPSA) is 29.1 Å². The van der Waals surface area contributed by atoms with Crippen LogP contribution in [0.3, 0.4) is 0 Å².